The smallest absolute Gasteiger partial charge is 0.265 e. The lowest BCUT2D eigenvalue weighted by atomic mass is 10.2. The van der Waals surface area contributed by atoms with Gasteiger partial charge >= 0.3 is 7.73 Å². The third-order valence-corrected chi connectivity index (χ3v) is 4.00. The van der Waals surface area contributed by atoms with E-state index in [0.717, 1.165) is 0 Å². The zero-order valence-electron chi connectivity index (χ0n) is 8.27. The number of hydrogen-bond acceptors (Lipinski definition) is 2. The van der Waals surface area contributed by atoms with Crippen molar-refractivity contribution in [3.63, 3.8) is 0 Å². The summed E-state index contributed by atoms with van der Waals surface area (Å²) < 4.78 is 14.5. The summed E-state index contributed by atoms with van der Waals surface area (Å²) in [5.74, 6) is 0. The molecule has 1 aromatic heterocycles. The molecule has 0 bridgehead atoms. The van der Waals surface area contributed by atoms with E-state index in [1.807, 2.05) is 0 Å². The van der Waals surface area contributed by atoms with E-state index in [9.17, 15) is 9.36 Å². The largest absolute Gasteiger partial charge is 0.598 e. The average Bonchev–Trinajstić information content (AvgIpc) is 2.23. The molecule has 2 rings (SSSR count). The van der Waals surface area contributed by atoms with E-state index in [4.69, 9.17) is 11.6 Å². The average molecular weight is 244 g/mol. The van der Waals surface area contributed by atoms with Crippen molar-refractivity contribution in [3.05, 3.63) is 33.6 Å². The summed E-state index contributed by atoms with van der Waals surface area (Å²) >= 11 is 5.81. The number of nitrogens with zero attached hydrogens (tertiary/aromatic N) is 2. The van der Waals surface area contributed by atoms with Gasteiger partial charge in [0.25, 0.3) is 5.56 Å². The number of halogens is 1. The van der Waals surface area contributed by atoms with E-state index < -0.39 is 7.73 Å². The first kappa shape index (κ1) is 10.4. The standard InChI is InChI=1S/C9H9ClN2O2P/c1-11-8-4-3-6(10)5-7(8)9(13)12(2)15(11)14/h3-5H,1-2H3/q+1. The first-order chi connectivity index (χ1) is 7.02. The molecule has 0 N–H and O–H groups in total. The second-order valence-corrected chi connectivity index (χ2v) is 5.41. The number of hydrogen-bond donors (Lipinski definition) is 0. The maximum absolute atomic E-state index is 11.8. The molecule has 0 saturated carbocycles. The molecule has 1 aromatic carbocycles. The zero-order valence-corrected chi connectivity index (χ0v) is 9.92. The lowest BCUT2D eigenvalue weighted by Gasteiger charge is -1.99. The highest BCUT2D eigenvalue weighted by Gasteiger charge is 2.16. The van der Waals surface area contributed by atoms with Crippen LogP contribution in [-0.2, 0) is 18.7 Å². The molecule has 0 aliphatic carbocycles. The molecule has 1 unspecified atom stereocenters. The summed E-state index contributed by atoms with van der Waals surface area (Å²) in [5.41, 5.74) is 0.398. The van der Waals surface area contributed by atoms with Crippen LogP contribution in [0.2, 0.25) is 5.02 Å². The Hall–Kier alpha value is -1.12. The van der Waals surface area contributed by atoms with Crippen LogP contribution < -0.4 is 5.56 Å². The molecule has 1 heterocycles. The van der Waals surface area contributed by atoms with Gasteiger partial charge in [0.15, 0.2) is 0 Å². The van der Waals surface area contributed by atoms with Gasteiger partial charge in [0.1, 0.15) is 0 Å². The molecule has 2 aromatic rings. The molecule has 0 amide bonds. The number of aryl methyl sites for hydroxylation is 1. The summed E-state index contributed by atoms with van der Waals surface area (Å²) in [6.45, 7) is 0. The molecule has 0 aliphatic heterocycles. The fourth-order valence-electron chi connectivity index (χ4n) is 1.51. The Bertz CT molecular complexity index is 659. The lowest BCUT2D eigenvalue weighted by Crippen LogP contribution is -2.16. The summed E-state index contributed by atoms with van der Waals surface area (Å²) in [7, 11) is 1.38. The Morgan fingerprint density at radius 2 is 1.93 bits per heavy atom. The maximum Gasteiger partial charge on any atom is 0.598 e. The SMILES string of the molecule is Cn1c(=O)c2cc(Cl)ccc2n(C)[p+]1=O. The number of benzene rings is 1. The van der Waals surface area contributed by atoms with Crippen LogP contribution in [0.1, 0.15) is 0 Å². The Kier molecular flexibility index (Phi) is 2.41. The minimum Gasteiger partial charge on any atom is -0.265 e. The Balaban J connectivity index is 3.15. The summed E-state index contributed by atoms with van der Waals surface area (Å²) in [4.78, 5) is 11.8. The van der Waals surface area contributed by atoms with Gasteiger partial charge in [-0.2, -0.15) is 0 Å². The van der Waals surface area contributed by atoms with Crippen LogP contribution in [0.25, 0.3) is 10.9 Å². The third-order valence-electron chi connectivity index (χ3n) is 2.34. The van der Waals surface area contributed by atoms with Gasteiger partial charge < -0.3 is 0 Å². The van der Waals surface area contributed by atoms with Crippen molar-refractivity contribution < 1.29 is 4.57 Å². The van der Waals surface area contributed by atoms with Crippen molar-refractivity contribution >= 4 is 30.2 Å². The van der Waals surface area contributed by atoms with Crippen molar-refractivity contribution in [2.24, 2.45) is 14.1 Å². The van der Waals surface area contributed by atoms with E-state index >= 15 is 0 Å². The normalized spacial score (nSPS) is 12.1. The maximum atomic E-state index is 11.8. The van der Waals surface area contributed by atoms with Crippen molar-refractivity contribution in [2.75, 3.05) is 0 Å². The van der Waals surface area contributed by atoms with E-state index in [-0.39, 0.29) is 5.56 Å². The van der Waals surface area contributed by atoms with Gasteiger partial charge in [-0.15, -0.1) is 8.66 Å². The molecule has 1 atom stereocenters. The highest BCUT2D eigenvalue weighted by atomic mass is 35.5. The van der Waals surface area contributed by atoms with Crippen LogP contribution in [0.3, 0.4) is 0 Å². The first-order valence-corrected chi connectivity index (χ1v) is 5.85. The molecular formula is C9H9ClN2O2P+. The van der Waals surface area contributed by atoms with E-state index in [0.29, 0.717) is 15.9 Å². The van der Waals surface area contributed by atoms with Crippen molar-refractivity contribution in [1.82, 2.24) is 8.66 Å². The van der Waals surface area contributed by atoms with Gasteiger partial charge in [-0.25, -0.2) is 0 Å². The molecule has 15 heavy (non-hydrogen) atoms. The Labute approximate surface area is 91.6 Å². The van der Waals surface area contributed by atoms with Gasteiger partial charge in [-0.1, -0.05) is 11.6 Å². The minimum absolute atomic E-state index is 0.258. The van der Waals surface area contributed by atoms with Crippen LogP contribution in [-0.4, -0.2) is 8.66 Å². The Morgan fingerprint density at radius 3 is 2.60 bits per heavy atom. The summed E-state index contributed by atoms with van der Waals surface area (Å²) in [5, 5.41) is 0.989. The molecule has 78 valence electrons. The fraction of sp³-hybridized carbons (Fsp3) is 0.222. The fourth-order valence-corrected chi connectivity index (χ4v) is 2.70. The van der Waals surface area contributed by atoms with Gasteiger partial charge in [0.05, 0.1) is 25.0 Å². The van der Waals surface area contributed by atoms with E-state index in [1.54, 1.807) is 29.6 Å². The molecule has 0 fully saturated rings. The first-order valence-electron chi connectivity index (χ1n) is 4.31. The third kappa shape index (κ3) is 1.50. The predicted molar refractivity (Wildman–Crippen MR) is 60.8 cm³/mol. The zero-order chi connectivity index (χ0) is 11.2. The van der Waals surface area contributed by atoms with Gasteiger partial charge in [0, 0.05) is 5.02 Å². The molecule has 6 heteroatoms. The lowest BCUT2D eigenvalue weighted by molar-refractivity contribution is 0.580. The molecular weight excluding hydrogens is 235 g/mol. The number of fused-ring (bicyclic) bond motifs is 1. The van der Waals surface area contributed by atoms with Crippen molar-refractivity contribution in [3.8, 4) is 0 Å². The second-order valence-electron chi connectivity index (χ2n) is 3.27. The van der Waals surface area contributed by atoms with Crippen molar-refractivity contribution in [2.45, 2.75) is 0 Å². The highest BCUT2D eigenvalue weighted by Crippen LogP contribution is 2.20. The topological polar surface area (TPSA) is 44.0 Å². The number of aromatic nitrogens is 2. The van der Waals surface area contributed by atoms with Crippen LogP contribution in [0.5, 0.6) is 0 Å². The predicted octanol–water partition coefficient (Wildman–Crippen LogP) is 2.27. The van der Waals surface area contributed by atoms with Gasteiger partial charge in [-0.05, 0) is 22.8 Å². The van der Waals surface area contributed by atoms with Crippen LogP contribution in [0, 0.1) is 0 Å². The van der Waals surface area contributed by atoms with Crippen LogP contribution in [0.15, 0.2) is 23.0 Å². The van der Waals surface area contributed by atoms with Crippen molar-refractivity contribution in [1.29, 1.82) is 0 Å². The molecule has 0 spiro atoms. The monoisotopic (exact) mass is 243 g/mol. The second kappa shape index (κ2) is 3.47. The quantitative estimate of drug-likeness (QED) is 0.712. The van der Waals surface area contributed by atoms with E-state index in [1.165, 1.54) is 11.4 Å². The molecule has 0 aliphatic rings. The molecule has 0 radical (unpaired) electrons. The highest BCUT2D eigenvalue weighted by molar-refractivity contribution is 7.28. The number of rotatable bonds is 0. The summed E-state index contributed by atoms with van der Waals surface area (Å²) in [6, 6.07) is 4.98. The van der Waals surface area contributed by atoms with Gasteiger partial charge in [0.2, 0.25) is 0 Å². The molecule has 4 nitrogen and oxygen atoms in total. The van der Waals surface area contributed by atoms with Crippen LogP contribution in [0.4, 0.5) is 0 Å². The Morgan fingerprint density at radius 1 is 1.27 bits per heavy atom. The minimum atomic E-state index is -1.83. The molecule has 0 saturated heterocycles. The van der Waals surface area contributed by atoms with Gasteiger partial charge in [-0.3, -0.25) is 4.79 Å². The summed E-state index contributed by atoms with van der Waals surface area (Å²) in [6.07, 6.45) is 0. The van der Waals surface area contributed by atoms with E-state index in [2.05, 4.69) is 0 Å². The van der Waals surface area contributed by atoms with Crippen LogP contribution >= 0.6 is 19.3 Å².